The molecule has 0 aliphatic heterocycles. The van der Waals surface area contributed by atoms with E-state index in [1.54, 1.807) is 18.3 Å². The molecule has 0 aliphatic rings. The van der Waals surface area contributed by atoms with Crippen LogP contribution >= 0.6 is 0 Å². The van der Waals surface area contributed by atoms with E-state index in [0.29, 0.717) is 17.1 Å². The number of aromatic nitrogens is 1. The number of carbonyl (C=O) groups is 1. The standard InChI is InChI=1S/C14H17N3O2/c1-3-12-7-16-13(19-12)8-17-14(18)10-4-9(2)5-11(15)6-10/h4-7H,3,8,15H2,1-2H3,(H,17,18). The summed E-state index contributed by atoms with van der Waals surface area (Å²) < 4.78 is 5.42. The summed E-state index contributed by atoms with van der Waals surface area (Å²) in [6.07, 6.45) is 2.46. The summed E-state index contributed by atoms with van der Waals surface area (Å²) in [6, 6.07) is 5.26. The second-order valence-electron chi connectivity index (χ2n) is 4.39. The number of nitrogen functional groups attached to an aromatic ring is 1. The maximum Gasteiger partial charge on any atom is 0.251 e. The predicted molar refractivity (Wildman–Crippen MR) is 72.6 cm³/mol. The van der Waals surface area contributed by atoms with Gasteiger partial charge in [0, 0.05) is 17.7 Å². The summed E-state index contributed by atoms with van der Waals surface area (Å²) in [4.78, 5) is 16.0. The number of anilines is 1. The zero-order valence-electron chi connectivity index (χ0n) is 11.1. The number of benzene rings is 1. The first-order chi connectivity index (χ1) is 9.08. The monoisotopic (exact) mass is 259 g/mol. The molecule has 0 atom stereocenters. The quantitative estimate of drug-likeness (QED) is 0.823. The van der Waals surface area contributed by atoms with Crippen molar-refractivity contribution in [3.8, 4) is 0 Å². The van der Waals surface area contributed by atoms with Crippen molar-refractivity contribution in [1.29, 1.82) is 0 Å². The van der Waals surface area contributed by atoms with E-state index in [-0.39, 0.29) is 12.5 Å². The number of aryl methyl sites for hydroxylation is 2. The summed E-state index contributed by atoms with van der Waals surface area (Å²) in [6.45, 7) is 4.15. The number of carbonyl (C=O) groups excluding carboxylic acids is 1. The maximum absolute atomic E-state index is 12.0. The number of hydrogen-bond donors (Lipinski definition) is 2. The van der Waals surface area contributed by atoms with Gasteiger partial charge >= 0.3 is 0 Å². The molecule has 1 aromatic carbocycles. The van der Waals surface area contributed by atoms with Crippen LogP contribution in [0.25, 0.3) is 0 Å². The van der Waals surface area contributed by atoms with Crippen LogP contribution in [0.3, 0.4) is 0 Å². The van der Waals surface area contributed by atoms with Gasteiger partial charge in [-0.3, -0.25) is 4.79 Å². The van der Waals surface area contributed by atoms with Crippen molar-refractivity contribution in [3.63, 3.8) is 0 Å². The molecule has 5 nitrogen and oxygen atoms in total. The van der Waals surface area contributed by atoms with Gasteiger partial charge in [-0.15, -0.1) is 0 Å². The highest BCUT2D eigenvalue weighted by Gasteiger charge is 2.09. The van der Waals surface area contributed by atoms with Gasteiger partial charge in [-0.25, -0.2) is 4.98 Å². The first-order valence-corrected chi connectivity index (χ1v) is 6.17. The lowest BCUT2D eigenvalue weighted by molar-refractivity contribution is 0.0947. The Morgan fingerprint density at radius 2 is 2.21 bits per heavy atom. The third kappa shape index (κ3) is 3.34. The van der Waals surface area contributed by atoms with E-state index in [0.717, 1.165) is 17.7 Å². The molecule has 0 fully saturated rings. The Morgan fingerprint density at radius 3 is 2.84 bits per heavy atom. The van der Waals surface area contributed by atoms with Gasteiger partial charge in [0.05, 0.1) is 12.7 Å². The number of nitrogens with one attached hydrogen (secondary N) is 1. The molecular weight excluding hydrogens is 242 g/mol. The topological polar surface area (TPSA) is 81.2 Å². The predicted octanol–water partition coefficient (Wildman–Crippen LogP) is 2.06. The molecule has 1 aromatic heterocycles. The van der Waals surface area contributed by atoms with Crippen LogP contribution in [0.1, 0.15) is 34.5 Å². The molecule has 0 unspecified atom stereocenters. The van der Waals surface area contributed by atoms with Gasteiger partial charge in [0.15, 0.2) is 0 Å². The first-order valence-electron chi connectivity index (χ1n) is 6.17. The van der Waals surface area contributed by atoms with Crippen molar-refractivity contribution >= 4 is 11.6 Å². The molecule has 0 aliphatic carbocycles. The zero-order valence-corrected chi connectivity index (χ0v) is 11.1. The Hall–Kier alpha value is -2.30. The van der Waals surface area contributed by atoms with Crippen molar-refractivity contribution in [2.24, 2.45) is 0 Å². The lowest BCUT2D eigenvalue weighted by atomic mass is 10.1. The van der Waals surface area contributed by atoms with Crippen LogP contribution in [0.4, 0.5) is 5.69 Å². The molecule has 19 heavy (non-hydrogen) atoms. The van der Waals surface area contributed by atoms with Crippen LogP contribution in [0.15, 0.2) is 28.8 Å². The minimum absolute atomic E-state index is 0.188. The average Bonchev–Trinajstić information content (AvgIpc) is 2.82. The molecule has 5 heteroatoms. The molecule has 3 N–H and O–H groups in total. The van der Waals surface area contributed by atoms with E-state index in [9.17, 15) is 4.79 Å². The molecule has 0 saturated carbocycles. The summed E-state index contributed by atoms with van der Waals surface area (Å²) in [5.74, 6) is 1.13. The van der Waals surface area contributed by atoms with Gasteiger partial charge in [-0.05, 0) is 30.7 Å². The van der Waals surface area contributed by atoms with Gasteiger partial charge in [-0.2, -0.15) is 0 Å². The minimum atomic E-state index is -0.188. The third-order valence-corrected chi connectivity index (χ3v) is 2.71. The van der Waals surface area contributed by atoms with Crippen molar-refractivity contribution < 1.29 is 9.21 Å². The number of hydrogen-bond acceptors (Lipinski definition) is 4. The SMILES string of the molecule is CCc1cnc(CNC(=O)c2cc(C)cc(N)c2)o1. The summed E-state index contributed by atoms with van der Waals surface area (Å²) in [5, 5.41) is 2.76. The Labute approximate surface area is 111 Å². The smallest absolute Gasteiger partial charge is 0.251 e. The van der Waals surface area contributed by atoms with Gasteiger partial charge < -0.3 is 15.5 Å². The molecule has 2 rings (SSSR count). The minimum Gasteiger partial charge on any atom is -0.444 e. The Kier molecular flexibility index (Phi) is 3.85. The van der Waals surface area contributed by atoms with Crippen LogP contribution < -0.4 is 11.1 Å². The van der Waals surface area contributed by atoms with Crippen molar-refractivity contribution in [3.05, 3.63) is 47.2 Å². The molecule has 100 valence electrons. The fraction of sp³-hybridized carbons (Fsp3) is 0.286. The highest BCUT2D eigenvalue weighted by Crippen LogP contribution is 2.11. The molecule has 0 spiro atoms. The molecule has 1 heterocycles. The highest BCUT2D eigenvalue weighted by atomic mass is 16.4. The van der Waals surface area contributed by atoms with Crippen LogP contribution in [0.2, 0.25) is 0 Å². The Balaban J connectivity index is 2.00. The van der Waals surface area contributed by atoms with E-state index >= 15 is 0 Å². The molecule has 1 amide bonds. The average molecular weight is 259 g/mol. The van der Waals surface area contributed by atoms with E-state index in [1.807, 2.05) is 19.9 Å². The van der Waals surface area contributed by atoms with Gasteiger partial charge in [0.1, 0.15) is 5.76 Å². The van der Waals surface area contributed by atoms with E-state index < -0.39 is 0 Å². The Morgan fingerprint density at radius 1 is 1.42 bits per heavy atom. The van der Waals surface area contributed by atoms with E-state index in [2.05, 4.69) is 10.3 Å². The van der Waals surface area contributed by atoms with Crippen molar-refractivity contribution in [2.45, 2.75) is 26.8 Å². The van der Waals surface area contributed by atoms with E-state index in [1.165, 1.54) is 0 Å². The maximum atomic E-state index is 12.0. The molecular formula is C14H17N3O2. The summed E-state index contributed by atoms with van der Waals surface area (Å²) in [5.41, 5.74) is 7.79. The second-order valence-corrected chi connectivity index (χ2v) is 4.39. The summed E-state index contributed by atoms with van der Waals surface area (Å²) >= 11 is 0. The van der Waals surface area contributed by atoms with Crippen molar-refractivity contribution in [2.75, 3.05) is 5.73 Å². The van der Waals surface area contributed by atoms with Crippen LogP contribution in [0, 0.1) is 6.92 Å². The van der Waals surface area contributed by atoms with E-state index in [4.69, 9.17) is 10.2 Å². The van der Waals surface area contributed by atoms with Gasteiger partial charge in [0.25, 0.3) is 5.91 Å². The second kappa shape index (κ2) is 5.56. The highest BCUT2D eigenvalue weighted by molar-refractivity contribution is 5.95. The number of oxazole rings is 1. The zero-order chi connectivity index (χ0) is 13.8. The third-order valence-electron chi connectivity index (χ3n) is 2.71. The molecule has 0 radical (unpaired) electrons. The van der Waals surface area contributed by atoms with Crippen LogP contribution in [0.5, 0.6) is 0 Å². The number of amides is 1. The lowest BCUT2D eigenvalue weighted by Crippen LogP contribution is -2.23. The lowest BCUT2D eigenvalue weighted by Gasteiger charge is -2.05. The fourth-order valence-electron chi connectivity index (χ4n) is 1.79. The molecule has 2 aromatic rings. The van der Waals surface area contributed by atoms with Crippen molar-refractivity contribution in [1.82, 2.24) is 10.3 Å². The summed E-state index contributed by atoms with van der Waals surface area (Å²) in [7, 11) is 0. The van der Waals surface area contributed by atoms with Gasteiger partial charge in [0.2, 0.25) is 5.89 Å². The number of nitrogens with two attached hydrogens (primary N) is 1. The molecule has 0 bridgehead atoms. The van der Waals surface area contributed by atoms with Gasteiger partial charge in [-0.1, -0.05) is 6.92 Å². The number of nitrogens with zero attached hydrogens (tertiary/aromatic N) is 1. The number of rotatable bonds is 4. The molecule has 0 saturated heterocycles. The Bertz CT molecular complexity index is 570. The first kappa shape index (κ1) is 13.1. The van der Waals surface area contributed by atoms with Crippen LogP contribution in [-0.2, 0) is 13.0 Å². The normalized spacial score (nSPS) is 10.4. The van der Waals surface area contributed by atoms with Crippen LogP contribution in [-0.4, -0.2) is 10.9 Å². The fourth-order valence-corrected chi connectivity index (χ4v) is 1.79. The largest absolute Gasteiger partial charge is 0.444 e.